The number of nitrogens with zero attached hydrogens (tertiary/aromatic N) is 1. The molecule has 0 saturated carbocycles. The Kier molecular flexibility index (Phi) is 7.56. The number of aliphatic hydroxyl groups excluding tert-OH is 1. The highest BCUT2D eigenvalue weighted by Gasteiger charge is 2.12. The number of nitrogen functional groups attached to an aromatic ring is 1. The Bertz CT molecular complexity index is 423. The molecule has 0 spiro atoms. The second-order valence-electron chi connectivity index (χ2n) is 5.08. The molecule has 0 aliphatic carbocycles. The first kappa shape index (κ1) is 17.3. The van der Waals surface area contributed by atoms with Gasteiger partial charge in [0.25, 0.3) is 0 Å². The maximum Gasteiger partial charge on any atom is 0.234 e. The van der Waals surface area contributed by atoms with Gasteiger partial charge in [-0.25, -0.2) is 0 Å². The average Bonchev–Trinajstić information content (AvgIpc) is 2.44. The lowest BCUT2D eigenvalue weighted by Gasteiger charge is -2.20. The highest BCUT2D eigenvalue weighted by molar-refractivity contribution is 5.77. The third-order valence-electron chi connectivity index (χ3n) is 2.83. The van der Waals surface area contributed by atoms with Gasteiger partial charge >= 0.3 is 0 Å². The Balaban J connectivity index is 2.24. The molecule has 1 aromatic carbocycles. The van der Waals surface area contributed by atoms with Gasteiger partial charge in [-0.2, -0.15) is 0 Å². The van der Waals surface area contributed by atoms with Gasteiger partial charge in [0.15, 0.2) is 0 Å². The quantitative estimate of drug-likeness (QED) is 0.576. The van der Waals surface area contributed by atoms with E-state index < -0.39 is 6.10 Å². The Morgan fingerprint density at radius 2 is 2.10 bits per heavy atom. The number of likely N-dealkylation sites (N-methyl/N-ethyl adjacent to an activating group) is 1. The average molecular weight is 295 g/mol. The molecule has 0 aromatic heterocycles. The van der Waals surface area contributed by atoms with E-state index in [9.17, 15) is 9.90 Å². The number of carbonyl (C=O) groups is 1. The van der Waals surface area contributed by atoms with Crippen LogP contribution in [0.2, 0.25) is 0 Å². The predicted molar refractivity (Wildman–Crippen MR) is 83.2 cm³/mol. The van der Waals surface area contributed by atoms with Gasteiger partial charge in [-0.3, -0.25) is 9.69 Å². The normalized spacial score (nSPS) is 12.2. The molecule has 4 N–H and O–H groups in total. The second-order valence-corrected chi connectivity index (χ2v) is 5.08. The summed E-state index contributed by atoms with van der Waals surface area (Å²) in [5.41, 5.74) is 6.25. The zero-order valence-electron chi connectivity index (χ0n) is 12.7. The fourth-order valence-corrected chi connectivity index (χ4v) is 1.80. The molecule has 21 heavy (non-hydrogen) atoms. The van der Waals surface area contributed by atoms with Crippen molar-refractivity contribution in [3.05, 3.63) is 24.3 Å². The number of aliphatic hydroxyl groups is 1. The highest BCUT2D eigenvalue weighted by Crippen LogP contribution is 2.13. The molecule has 1 aromatic rings. The van der Waals surface area contributed by atoms with E-state index in [0.29, 0.717) is 24.5 Å². The lowest BCUT2D eigenvalue weighted by Crippen LogP contribution is -2.40. The number of rotatable bonds is 9. The van der Waals surface area contributed by atoms with Crippen molar-refractivity contribution in [2.75, 3.05) is 39.0 Å². The van der Waals surface area contributed by atoms with Crippen LogP contribution in [0.3, 0.4) is 0 Å². The van der Waals surface area contributed by atoms with E-state index in [1.54, 1.807) is 36.2 Å². The summed E-state index contributed by atoms with van der Waals surface area (Å²) in [4.78, 5) is 13.3. The van der Waals surface area contributed by atoms with Crippen LogP contribution in [-0.4, -0.2) is 55.3 Å². The van der Waals surface area contributed by atoms with Gasteiger partial charge in [0.2, 0.25) is 5.91 Å². The van der Waals surface area contributed by atoms with Gasteiger partial charge in [-0.1, -0.05) is 6.92 Å². The summed E-state index contributed by atoms with van der Waals surface area (Å²) >= 11 is 0. The highest BCUT2D eigenvalue weighted by atomic mass is 16.5. The number of hydrogen-bond donors (Lipinski definition) is 3. The summed E-state index contributed by atoms with van der Waals surface area (Å²) in [6.07, 6.45) is 0.250. The third kappa shape index (κ3) is 7.53. The summed E-state index contributed by atoms with van der Waals surface area (Å²) in [6.45, 7) is 3.48. The number of benzene rings is 1. The van der Waals surface area contributed by atoms with Crippen molar-refractivity contribution in [3.63, 3.8) is 0 Å². The first-order chi connectivity index (χ1) is 10.0. The zero-order chi connectivity index (χ0) is 15.7. The molecule has 6 heteroatoms. The minimum Gasteiger partial charge on any atom is -0.491 e. The fraction of sp³-hybridized carbons (Fsp3) is 0.533. The lowest BCUT2D eigenvalue weighted by atomic mass is 10.3. The molecule has 1 rings (SSSR count). The molecule has 0 bridgehead atoms. The predicted octanol–water partition coefficient (Wildman–Crippen LogP) is 0.467. The van der Waals surface area contributed by atoms with Crippen molar-refractivity contribution in [3.8, 4) is 5.75 Å². The molecular formula is C15H25N3O3. The summed E-state index contributed by atoms with van der Waals surface area (Å²) in [7, 11) is 1.79. The second kappa shape index (κ2) is 9.20. The van der Waals surface area contributed by atoms with E-state index in [1.165, 1.54) is 0 Å². The molecular weight excluding hydrogens is 270 g/mol. The van der Waals surface area contributed by atoms with E-state index >= 15 is 0 Å². The van der Waals surface area contributed by atoms with Crippen LogP contribution >= 0.6 is 0 Å². The van der Waals surface area contributed by atoms with Gasteiger partial charge in [0.05, 0.1) is 6.54 Å². The van der Waals surface area contributed by atoms with E-state index in [1.807, 2.05) is 6.92 Å². The van der Waals surface area contributed by atoms with Crippen LogP contribution in [0, 0.1) is 0 Å². The van der Waals surface area contributed by atoms with Crippen molar-refractivity contribution in [2.45, 2.75) is 19.4 Å². The molecule has 0 fully saturated rings. The van der Waals surface area contributed by atoms with E-state index in [0.717, 1.165) is 6.42 Å². The van der Waals surface area contributed by atoms with Crippen molar-refractivity contribution in [1.29, 1.82) is 0 Å². The standard InChI is InChI=1S/C15H25N3O3/c1-3-8-17-15(20)10-18(2)9-13(19)11-21-14-6-4-12(16)5-7-14/h4-7,13,19H,3,8-11,16H2,1-2H3,(H,17,20). The zero-order valence-corrected chi connectivity index (χ0v) is 12.7. The Morgan fingerprint density at radius 1 is 1.43 bits per heavy atom. The summed E-state index contributed by atoms with van der Waals surface area (Å²) in [5.74, 6) is 0.623. The van der Waals surface area contributed by atoms with Crippen LogP contribution in [0.5, 0.6) is 5.75 Å². The van der Waals surface area contributed by atoms with Gasteiger partial charge < -0.3 is 20.9 Å². The van der Waals surface area contributed by atoms with Crippen LogP contribution in [0.25, 0.3) is 0 Å². The van der Waals surface area contributed by atoms with Gasteiger partial charge in [0.1, 0.15) is 18.5 Å². The van der Waals surface area contributed by atoms with Crippen LogP contribution in [-0.2, 0) is 4.79 Å². The Morgan fingerprint density at radius 3 is 2.71 bits per heavy atom. The molecule has 1 atom stereocenters. The summed E-state index contributed by atoms with van der Waals surface area (Å²) in [5, 5.41) is 12.7. The molecule has 0 aliphatic rings. The third-order valence-corrected chi connectivity index (χ3v) is 2.83. The van der Waals surface area contributed by atoms with Gasteiger partial charge in [-0.05, 0) is 37.7 Å². The minimum atomic E-state index is -0.661. The van der Waals surface area contributed by atoms with Crippen LogP contribution < -0.4 is 15.8 Å². The summed E-state index contributed by atoms with van der Waals surface area (Å²) in [6, 6.07) is 6.99. The number of carbonyl (C=O) groups excluding carboxylic acids is 1. The van der Waals surface area contributed by atoms with E-state index in [2.05, 4.69) is 5.32 Å². The molecule has 1 unspecified atom stereocenters. The number of anilines is 1. The number of ether oxygens (including phenoxy) is 1. The molecule has 1 amide bonds. The van der Waals surface area contributed by atoms with Crippen LogP contribution in [0.15, 0.2) is 24.3 Å². The SMILES string of the molecule is CCCNC(=O)CN(C)CC(O)COc1ccc(N)cc1. The monoisotopic (exact) mass is 295 g/mol. The van der Waals surface area contributed by atoms with Gasteiger partial charge in [0, 0.05) is 18.8 Å². The maximum atomic E-state index is 11.5. The van der Waals surface area contributed by atoms with E-state index in [4.69, 9.17) is 10.5 Å². The fourth-order valence-electron chi connectivity index (χ4n) is 1.80. The molecule has 0 saturated heterocycles. The topological polar surface area (TPSA) is 87.8 Å². The molecule has 0 radical (unpaired) electrons. The Hall–Kier alpha value is -1.79. The van der Waals surface area contributed by atoms with Crippen molar-refractivity contribution in [2.24, 2.45) is 0 Å². The van der Waals surface area contributed by atoms with Crippen molar-refractivity contribution < 1.29 is 14.6 Å². The number of nitrogens with one attached hydrogen (secondary N) is 1. The number of hydrogen-bond acceptors (Lipinski definition) is 5. The summed E-state index contributed by atoms with van der Waals surface area (Å²) < 4.78 is 5.46. The molecule has 6 nitrogen and oxygen atoms in total. The van der Waals surface area contributed by atoms with Crippen LogP contribution in [0.1, 0.15) is 13.3 Å². The molecule has 118 valence electrons. The van der Waals surface area contributed by atoms with Crippen molar-refractivity contribution >= 4 is 11.6 Å². The largest absolute Gasteiger partial charge is 0.491 e. The van der Waals surface area contributed by atoms with E-state index in [-0.39, 0.29) is 19.1 Å². The molecule has 0 heterocycles. The van der Waals surface area contributed by atoms with Crippen molar-refractivity contribution in [1.82, 2.24) is 10.2 Å². The van der Waals surface area contributed by atoms with Gasteiger partial charge in [-0.15, -0.1) is 0 Å². The smallest absolute Gasteiger partial charge is 0.234 e. The maximum absolute atomic E-state index is 11.5. The minimum absolute atomic E-state index is 0.0361. The lowest BCUT2D eigenvalue weighted by molar-refractivity contribution is -0.122. The molecule has 0 aliphatic heterocycles. The number of amides is 1. The Labute approximate surface area is 125 Å². The number of nitrogens with two attached hydrogens (primary N) is 1. The first-order valence-electron chi connectivity index (χ1n) is 7.13. The van der Waals surface area contributed by atoms with Crippen LogP contribution in [0.4, 0.5) is 5.69 Å². The first-order valence-corrected chi connectivity index (χ1v) is 7.13.